The van der Waals surface area contributed by atoms with E-state index in [1.54, 1.807) is 25.2 Å². The lowest BCUT2D eigenvalue weighted by molar-refractivity contribution is 0.246. The Hall–Kier alpha value is -1.05. The molecule has 3 rings (SSSR count). The Bertz CT molecular complexity index is 734. The third kappa shape index (κ3) is 2.69. The highest BCUT2D eigenvalue weighted by atomic mass is 32.2. The number of aromatic nitrogens is 2. The predicted molar refractivity (Wildman–Crippen MR) is 83.8 cm³/mol. The Balaban J connectivity index is 1.94. The fraction of sp³-hybridized carbons (Fsp3) is 0.571. The summed E-state index contributed by atoms with van der Waals surface area (Å²) in [4.78, 5) is 0.273. The highest BCUT2D eigenvalue weighted by Crippen LogP contribution is 2.31. The van der Waals surface area contributed by atoms with E-state index in [0.29, 0.717) is 17.0 Å². The van der Waals surface area contributed by atoms with Gasteiger partial charge in [0.05, 0.1) is 11.7 Å². The Kier molecular flexibility index (Phi) is 3.98. The lowest BCUT2D eigenvalue weighted by Crippen LogP contribution is -2.39. The third-order valence-corrected chi connectivity index (χ3v) is 6.89. The van der Waals surface area contributed by atoms with Gasteiger partial charge in [-0.05, 0) is 43.7 Å². The number of nitrogens with zero attached hydrogens (tertiary/aromatic N) is 3. The summed E-state index contributed by atoms with van der Waals surface area (Å²) in [6.45, 7) is 2.23. The van der Waals surface area contributed by atoms with Gasteiger partial charge < -0.3 is 0 Å². The summed E-state index contributed by atoms with van der Waals surface area (Å²) in [5.41, 5.74) is 1.13. The van der Waals surface area contributed by atoms with Gasteiger partial charge >= 0.3 is 0 Å². The average molecular weight is 325 g/mol. The van der Waals surface area contributed by atoms with Gasteiger partial charge in [-0.1, -0.05) is 13.0 Å². The minimum Gasteiger partial charge on any atom is -0.207 e. The first kappa shape index (κ1) is 14.9. The molecule has 0 spiro atoms. The van der Waals surface area contributed by atoms with E-state index in [1.165, 1.54) is 4.31 Å². The maximum atomic E-state index is 12.9. The van der Waals surface area contributed by atoms with Crippen LogP contribution in [-0.4, -0.2) is 34.6 Å². The summed E-state index contributed by atoms with van der Waals surface area (Å²) < 4.78 is 35.6. The summed E-state index contributed by atoms with van der Waals surface area (Å²) in [5, 5.41) is 0. The van der Waals surface area contributed by atoms with E-state index in [2.05, 4.69) is 15.7 Å². The highest BCUT2D eigenvalue weighted by Gasteiger charge is 2.32. The average Bonchev–Trinajstić information content (AvgIpc) is 2.95. The van der Waals surface area contributed by atoms with Gasteiger partial charge in [0, 0.05) is 13.1 Å². The summed E-state index contributed by atoms with van der Waals surface area (Å²) in [6.07, 6.45) is 4.05. The van der Waals surface area contributed by atoms with Gasteiger partial charge in [0.1, 0.15) is 15.9 Å². The molecule has 1 aliphatic carbocycles. The lowest BCUT2D eigenvalue weighted by atomic mass is 9.87. The summed E-state index contributed by atoms with van der Waals surface area (Å²) in [7, 11) is -1.83. The fourth-order valence-electron chi connectivity index (χ4n) is 2.95. The molecule has 0 amide bonds. The van der Waals surface area contributed by atoms with Crippen LogP contribution in [0.15, 0.2) is 23.1 Å². The van der Waals surface area contributed by atoms with Crippen LogP contribution in [0.4, 0.5) is 0 Å². The topological polar surface area (TPSA) is 63.2 Å². The molecule has 1 fully saturated rings. The van der Waals surface area contributed by atoms with Crippen LogP contribution in [0, 0.1) is 5.92 Å². The second-order valence-corrected chi connectivity index (χ2v) is 8.32. The first-order valence-electron chi connectivity index (χ1n) is 7.19. The predicted octanol–water partition coefficient (Wildman–Crippen LogP) is 2.89. The Labute approximate surface area is 129 Å². The van der Waals surface area contributed by atoms with E-state index in [1.807, 2.05) is 0 Å². The second kappa shape index (κ2) is 5.62. The Morgan fingerprint density at radius 3 is 2.62 bits per heavy atom. The van der Waals surface area contributed by atoms with Crippen LogP contribution >= 0.6 is 11.7 Å². The van der Waals surface area contributed by atoms with Crippen molar-refractivity contribution in [3.8, 4) is 0 Å². The normalized spacial score (nSPS) is 23.8. The van der Waals surface area contributed by atoms with Gasteiger partial charge in [0.25, 0.3) is 0 Å². The van der Waals surface area contributed by atoms with Crippen LogP contribution in [0.3, 0.4) is 0 Å². The molecule has 0 radical (unpaired) electrons. The molecule has 0 N–H and O–H groups in total. The van der Waals surface area contributed by atoms with Crippen LogP contribution < -0.4 is 0 Å². The van der Waals surface area contributed by atoms with Gasteiger partial charge in [0.15, 0.2) is 0 Å². The van der Waals surface area contributed by atoms with Crippen LogP contribution in [0.25, 0.3) is 11.0 Å². The van der Waals surface area contributed by atoms with E-state index >= 15 is 0 Å². The van der Waals surface area contributed by atoms with Crippen molar-refractivity contribution < 1.29 is 8.42 Å². The molecule has 1 aliphatic rings. The number of hydrogen-bond donors (Lipinski definition) is 0. The van der Waals surface area contributed by atoms with Crippen molar-refractivity contribution in [1.82, 2.24) is 13.1 Å². The van der Waals surface area contributed by atoms with E-state index in [4.69, 9.17) is 0 Å². The van der Waals surface area contributed by atoms with Crippen molar-refractivity contribution in [1.29, 1.82) is 0 Å². The molecular formula is C14H19N3O2S2. The van der Waals surface area contributed by atoms with Crippen molar-refractivity contribution >= 4 is 32.8 Å². The van der Waals surface area contributed by atoms with E-state index in [9.17, 15) is 8.42 Å². The standard InChI is InChI=1S/C14H19N3O2S2/c1-10-6-8-11(9-7-10)17(2)21(18,19)13-5-3-4-12-14(13)16-20-15-12/h3-5,10-11H,6-9H2,1-2H3. The van der Waals surface area contributed by atoms with Crippen molar-refractivity contribution in [2.45, 2.75) is 43.5 Å². The zero-order chi connectivity index (χ0) is 15.0. The maximum absolute atomic E-state index is 12.9. The molecule has 0 atom stereocenters. The van der Waals surface area contributed by atoms with E-state index in [0.717, 1.165) is 37.4 Å². The van der Waals surface area contributed by atoms with Crippen molar-refractivity contribution in [3.63, 3.8) is 0 Å². The molecular weight excluding hydrogens is 306 g/mol. The molecule has 114 valence electrons. The molecule has 1 aromatic carbocycles. The largest absolute Gasteiger partial charge is 0.245 e. The smallest absolute Gasteiger partial charge is 0.207 e. The highest BCUT2D eigenvalue weighted by molar-refractivity contribution is 7.89. The zero-order valence-electron chi connectivity index (χ0n) is 12.2. The molecule has 21 heavy (non-hydrogen) atoms. The summed E-state index contributed by atoms with van der Waals surface area (Å²) >= 11 is 1.05. The molecule has 1 heterocycles. The van der Waals surface area contributed by atoms with Gasteiger partial charge in [0.2, 0.25) is 10.0 Å². The number of sulfonamides is 1. The molecule has 7 heteroatoms. The molecule has 1 aromatic heterocycles. The summed E-state index contributed by atoms with van der Waals surface area (Å²) in [5.74, 6) is 0.698. The number of benzene rings is 1. The van der Waals surface area contributed by atoms with Gasteiger partial charge in [-0.15, -0.1) is 0 Å². The first-order chi connectivity index (χ1) is 10.00. The fourth-order valence-corrected chi connectivity index (χ4v) is 5.11. The van der Waals surface area contributed by atoms with Gasteiger partial charge in [-0.3, -0.25) is 0 Å². The number of rotatable bonds is 3. The molecule has 5 nitrogen and oxygen atoms in total. The molecule has 0 aliphatic heterocycles. The van der Waals surface area contributed by atoms with Crippen LogP contribution in [0.1, 0.15) is 32.6 Å². The quantitative estimate of drug-likeness (QED) is 0.870. The van der Waals surface area contributed by atoms with E-state index < -0.39 is 10.0 Å². The van der Waals surface area contributed by atoms with Crippen molar-refractivity contribution in [2.75, 3.05) is 7.05 Å². The zero-order valence-corrected chi connectivity index (χ0v) is 13.8. The first-order valence-corrected chi connectivity index (χ1v) is 9.36. The molecule has 1 saturated carbocycles. The lowest BCUT2D eigenvalue weighted by Gasteiger charge is -2.32. The van der Waals surface area contributed by atoms with Crippen LogP contribution in [0.2, 0.25) is 0 Å². The third-order valence-electron chi connectivity index (χ3n) is 4.41. The Morgan fingerprint density at radius 2 is 1.90 bits per heavy atom. The summed E-state index contributed by atoms with van der Waals surface area (Å²) in [6, 6.07) is 5.24. The molecule has 0 bridgehead atoms. The van der Waals surface area contributed by atoms with Gasteiger partial charge in [-0.25, -0.2) is 8.42 Å². The van der Waals surface area contributed by atoms with Crippen molar-refractivity contribution in [2.24, 2.45) is 5.92 Å². The Morgan fingerprint density at radius 1 is 1.19 bits per heavy atom. The SMILES string of the molecule is CC1CCC(N(C)S(=O)(=O)c2cccc3nsnc23)CC1. The maximum Gasteiger partial charge on any atom is 0.245 e. The van der Waals surface area contributed by atoms with Crippen LogP contribution in [0.5, 0.6) is 0 Å². The number of hydrogen-bond acceptors (Lipinski definition) is 5. The molecule has 0 saturated heterocycles. The monoisotopic (exact) mass is 325 g/mol. The molecule has 2 aromatic rings. The van der Waals surface area contributed by atoms with Crippen LogP contribution in [-0.2, 0) is 10.0 Å². The number of fused-ring (bicyclic) bond motifs is 1. The van der Waals surface area contributed by atoms with Crippen molar-refractivity contribution in [3.05, 3.63) is 18.2 Å². The minimum atomic E-state index is -3.52. The molecule has 0 unspecified atom stereocenters. The second-order valence-electron chi connectivity index (χ2n) is 5.82. The van der Waals surface area contributed by atoms with E-state index in [-0.39, 0.29) is 10.9 Å². The minimum absolute atomic E-state index is 0.0908. The van der Waals surface area contributed by atoms with Gasteiger partial charge in [-0.2, -0.15) is 13.1 Å².